The number of hydrogen-bond donors (Lipinski definition) is 2. The molecule has 3 N–H and O–H groups in total. The molecule has 0 aromatic rings. The maximum absolute atomic E-state index is 11.0. The fourth-order valence-electron chi connectivity index (χ4n) is 0.858. The highest BCUT2D eigenvalue weighted by molar-refractivity contribution is 9.09. The second-order valence-electron chi connectivity index (χ2n) is 2.79. The van der Waals surface area contributed by atoms with Crippen molar-refractivity contribution in [2.45, 2.75) is 30.6 Å². The summed E-state index contributed by atoms with van der Waals surface area (Å²) < 4.78 is 4.68. The Morgan fingerprint density at radius 1 is 1.50 bits per heavy atom. The van der Waals surface area contributed by atoms with Gasteiger partial charge in [-0.2, -0.15) is 0 Å². The van der Waals surface area contributed by atoms with Crippen molar-refractivity contribution in [1.82, 2.24) is 0 Å². The van der Waals surface area contributed by atoms with E-state index in [-0.39, 0.29) is 12.8 Å². The smallest absolute Gasteiger partial charge is 0.307 e. The molecule has 0 aromatic heterocycles. The third kappa shape index (κ3) is 5.93. The summed E-state index contributed by atoms with van der Waals surface area (Å²) in [5, 5.41) is 8.47. The Kier molecular flexibility index (Phi) is 6.48. The minimum Gasteiger partial charge on any atom is -0.481 e. The van der Waals surface area contributed by atoms with Crippen LogP contribution in [0.3, 0.4) is 0 Å². The van der Waals surface area contributed by atoms with Gasteiger partial charge in [0, 0.05) is 10.9 Å². The number of nitrogens with two attached hydrogens (primary N) is 1. The molecule has 0 rings (SSSR count). The zero-order chi connectivity index (χ0) is 11.1. The Labute approximate surface area is 90.7 Å². The minimum absolute atomic E-state index is 0.0248. The maximum Gasteiger partial charge on any atom is 0.307 e. The molecule has 0 aliphatic carbocycles. The van der Waals surface area contributed by atoms with E-state index in [0.717, 1.165) is 0 Å². The van der Waals surface area contributed by atoms with Crippen LogP contribution in [0.5, 0.6) is 0 Å². The topological polar surface area (TPSA) is 89.6 Å². The number of alkyl halides is 1. The largest absolute Gasteiger partial charge is 0.481 e. The molecule has 5 nitrogen and oxygen atoms in total. The molecule has 0 radical (unpaired) electrons. The summed E-state index contributed by atoms with van der Waals surface area (Å²) in [5.74, 6) is -1.36. The highest BCUT2D eigenvalue weighted by Gasteiger charge is 2.20. The van der Waals surface area contributed by atoms with E-state index in [9.17, 15) is 9.59 Å². The zero-order valence-electron chi connectivity index (χ0n) is 7.90. The first-order valence-electron chi connectivity index (χ1n) is 4.24. The van der Waals surface area contributed by atoms with Gasteiger partial charge in [0.15, 0.2) is 0 Å². The van der Waals surface area contributed by atoms with Gasteiger partial charge in [-0.1, -0.05) is 15.9 Å². The predicted molar refractivity (Wildman–Crippen MR) is 54.2 cm³/mol. The van der Waals surface area contributed by atoms with Gasteiger partial charge < -0.3 is 15.6 Å². The summed E-state index contributed by atoms with van der Waals surface area (Å²) in [7, 11) is 0. The van der Waals surface area contributed by atoms with Gasteiger partial charge in [0.05, 0.1) is 19.4 Å². The first-order chi connectivity index (χ1) is 6.47. The van der Waals surface area contributed by atoms with Crippen LogP contribution in [0.1, 0.15) is 19.8 Å². The van der Waals surface area contributed by atoms with Crippen LogP contribution in [0, 0.1) is 0 Å². The molecule has 14 heavy (non-hydrogen) atoms. The van der Waals surface area contributed by atoms with E-state index in [1.807, 2.05) is 0 Å². The Bertz CT molecular complexity index is 210. The van der Waals surface area contributed by atoms with Crippen molar-refractivity contribution in [3.05, 3.63) is 0 Å². The monoisotopic (exact) mass is 267 g/mol. The lowest BCUT2D eigenvalue weighted by molar-refractivity contribution is -0.144. The molecule has 82 valence electrons. The van der Waals surface area contributed by atoms with Crippen LogP contribution in [0.4, 0.5) is 0 Å². The van der Waals surface area contributed by atoms with Gasteiger partial charge in [-0.05, 0) is 6.92 Å². The molecule has 0 saturated carbocycles. The molecule has 0 spiro atoms. The number of carbonyl (C=O) groups is 2. The molecule has 6 heteroatoms. The van der Waals surface area contributed by atoms with Crippen molar-refractivity contribution in [1.29, 1.82) is 0 Å². The molecular formula is C8H14BrNO4. The highest BCUT2D eigenvalue weighted by Crippen LogP contribution is 2.12. The van der Waals surface area contributed by atoms with Crippen molar-refractivity contribution in [2.24, 2.45) is 5.73 Å². The highest BCUT2D eigenvalue weighted by atomic mass is 79.9. The van der Waals surface area contributed by atoms with Crippen molar-refractivity contribution in [3.8, 4) is 0 Å². The van der Waals surface area contributed by atoms with Gasteiger partial charge in [-0.25, -0.2) is 0 Å². The second kappa shape index (κ2) is 6.78. The fourth-order valence-corrected chi connectivity index (χ4v) is 1.32. The molecule has 0 fully saturated rings. The number of carboxylic acid groups (broad SMARTS) is 1. The number of halogens is 1. The van der Waals surface area contributed by atoms with Gasteiger partial charge in [0.2, 0.25) is 0 Å². The van der Waals surface area contributed by atoms with E-state index in [1.165, 1.54) is 0 Å². The second-order valence-corrected chi connectivity index (χ2v) is 3.96. The van der Waals surface area contributed by atoms with Gasteiger partial charge in [0.25, 0.3) is 0 Å². The lowest BCUT2D eigenvalue weighted by atomic mass is 10.1. The number of aliphatic carboxylic acids is 1. The molecule has 2 unspecified atom stereocenters. The van der Waals surface area contributed by atoms with E-state index in [4.69, 9.17) is 10.8 Å². The minimum atomic E-state index is -0.953. The fraction of sp³-hybridized carbons (Fsp3) is 0.750. The summed E-state index contributed by atoms with van der Waals surface area (Å²) in [6.07, 6.45) is -0.0857. The molecule has 2 atom stereocenters. The van der Waals surface area contributed by atoms with Crippen LogP contribution >= 0.6 is 15.9 Å². The third-order valence-electron chi connectivity index (χ3n) is 1.54. The van der Waals surface area contributed by atoms with Crippen molar-refractivity contribution in [3.63, 3.8) is 0 Å². The average molecular weight is 268 g/mol. The molecule has 0 aliphatic heterocycles. The van der Waals surface area contributed by atoms with Crippen LogP contribution in [0.15, 0.2) is 0 Å². The standard InChI is InChI=1S/C8H14BrNO4/c1-2-14-8(13)4-6(10)5(9)3-7(11)12/h5-6H,2-4,10H2,1H3,(H,11,12). The number of ether oxygens (including phenoxy) is 1. The zero-order valence-corrected chi connectivity index (χ0v) is 9.49. The Balaban J connectivity index is 3.87. The number of rotatable bonds is 6. The summed E-state index contributed by atoms with van der Waals surface area (Å²) in [4.78, 5) is 20.9. The van der Waals surface area contributed by atoms with E-state index >= 15 is 0 Å². The van der Waals surface area contributed by atoms with Gasteiger partial charge in [-0.15, -0.1) is 0 Å². The lowest BCUT2D eigenvalue weighted by Gasteiger charge is -2.15. The van der Waals surface area contributed by atoms with E-state index < -0.39 is 22.8 Å². The average Bonchev–Trinajstić information content (AvgIpc) is 2.02. The van der Waals surface area contributed by atoms with Crippen LogP contribution in [0.25, 0.3) is 0 Å². The van der Waals surface area contributed by atoms with E-state index in [1.54, 1.807) is 6.92 Å². The summed E-state index contributed by atoms with van der Waals surface area (Å²) >= 11 is 3.11. The van der Waals surface area contributed by atoms with Crippen molar-refractivity contribution in [2.75, 3.05) is 6.61 Å². The Morgan fingerprint density at radius 3 is 2.50 bits per heavy atom. The van der Waals surface area contributed by atoms with Gasteiger partial charge in [0.1, 0.15) is 0 Å². The Hall–Kier alpha value is -0.620. The predicted octanol–water partition coefficient (Wildman–Crippen LogP) is 0.505. The number of carbonyl (C=O) groups excluding carboxylic acids is 1. The normalized spacial score (nSPS) is 14.5. The van der Waals surface area contributed by atoms with Crippen LogP contribution < -0.4 is 5.73 Å². The summed E-state index contributed by atoms with van der Waals surface area (Å²) in [6.45, 7) is 2.00. The van der Waals surface area contributed by atoms with Crippen molar-refractivity contribution < 1.29 is 19.4 Å². The molecule has 0 aromatic carbocycles. The SMILES string of the molecule is CCOC(=O)CC(N)C(Br)CC(=O)O. The van der Waals surface area contributed by atoms with Crippen LogP contribution in [0.2, 0.25) is 0 Å². The summed E-state index contributed by atoms with van der Waals surface area (Å²) in [6, 6.07) is -0.537. The third-order valence-corrected chi connectivity index (χ3v) is 2.54. The maximum atomic E-state index is 11.0. The molecule has 0 bridgehead atoms. The molecule has 0 amide bonds. The van der Waals surface area contributed by atoms with Crippen molar-refractivity contribution >= 4 is 27.9 Å². The lowest BCUT2D eigenvalue weighted by Crippen LogP contribution is -2.34. The Morgan fingerprint density at radius 2 is 2.07 bits per heavy atom. The number of carboxylic acids is 1. The van der Waals surface area contributed by atoms with Crippen LogP contribution in [-0.2, 0) is 14.3 Å². The molecule has 0 aliphatic rings. The van der Waals surface area contributed by atoms with E-state index in [2.05, 4.69) is 20.7 Å². The first kappa shape index (κ1) is 13.4. The summed E-state index contributed by atoms with van der Waals surface area (Å²) in [5.41, 5.74) is 5.59. The van der Waals surface area contributed by atoms with Gasteiger partial charge >= 0.3 is 11.9 Å². The van der Waals surface area contributed by atoms with Gasteiger partial charge in [-0.3, -0.25) is 9.59 Å². The molecular weight excluding hydrogens is 254 g/mol. The first-order valence-corrected chi connectivity index (χ1v) is 5.16. The molecule has 0 saturated heterocycles. The molecule has 0 heterocycles. The van der Waals surface area contributed by atoms with Crippen LogP contribution in [-0.4, -0.2) is 34.5 Å². The number of hydrogen-bond acceptors (Lipinski definition) is 4. The quantitative estimate of drug-likeness (QED) is 0.541. The van der Waals surface area contributed by atoms with E-state index in [0.29, 0.717) is 6.61 Å². The number of esters is 1.